The zero-order valence-corrected chi connectivity index (χ0v) is 14.7. The number of nitrogens with zero attached hydrogens (tertiary/aromatic N) is 2. The summed E-state index contributed by atoms with van der Waals surface area (Å²) in [5.41, 5.74) is 1.16. The van der Waals surface area contributed by atoms with Gasteiger partial charge in [-0.25, -0.2) is 4.98 Å². The van der Waals surface area contributed by atoms with Crippen molar-refractivity contribution in [1.82, 2.24) is 9.55 Å². The number of amides is 1. The Kier molecular flexibility index (Phi) is 4.77. The van der Waals surface area contributed by atoms with E-state index in [1.807, 2.05) is 6.07 Å². The molecule has 0 bridgehead atoms. The second-order valence-corrected chi connectivity index (χ2v) is 6.72. The summed E-state index contributed by atoms with van der Waals surface area (Å²) >= 11 is 4.54. The van der Waals surface area contributed by atoms with Crippen LogP contribution >= 0.6 is 27.3 Å². The Balaban J connectivity index is 1.71. The summed E-state index contributed by atoms with van der Waals surface area (Å²) in [6.07, 6.45) is 1.56. The molecule has 0 unspecified atom stereocenters. The molecule has 0 saturated carbocycles. The number of benzene rings is 1. The number of anilines is 1. The molecule has 0 aliphatic heterocycles. The van der Waals surface area contributed by atoms with Crippen LogP contribution in [0.4, 0.5) is 5.13 Å². The summed E-state index contributed by atoms with van der Waals surface area (Å²) in [4.78, 5) is 28.1. The van der Waals surface area contributed by atoms with Crippen molar-refractivity contribution in [2.24, 2.45) is 0 Å². The lowest BCUT2D eigenvalue weighted by atomic mass is 10.2. The van der Waals surface area contributed by atoms with Gasteiger partial charge >= 0.3 is 0 Å². The van der Waals surface area contributed by atoms with Gasteiger partial charge in [0.2, 0.25) is 5.91 Å². The number of phenols is 1. The summed E-state index contributed by atoms with van der Waals surface area (Å²) in [5, 5.41) is 14.4. The Morgan fingerprint density at radius 3 is 2.96 bits per heavy atom. The van der Waals surface area contributed by atoms with E-state index in [2.05, 4.69) is 26.2 Å². The van der Waals surface area contributed by atoms with Crippen molar-refractivity contribution in [2.45, 2.75) is 6.54 Å². The number of halogens is 1. The average molecular weight is 406 g/mol. The van der Waals surface area contributed by atoms with E-state index >= 15 is 0 Å². The van der Waals surface area contributed by atoms with Crippen molar-refractivity contribution < 1.29 is 9.90 Å². The largest absolute Gasteiger partial charge is 0.508 e. The Hall–Kier alpha value is -2.45. The van der Waals surface area contributed by atoms with Crippen molar-refractivity contribution in [3.8, 4) is 17.0 Å². The van der Waals surface area contributed by atoms with Gasteiger partial charge in [0.05, 0.1) is 5.69 Å². The Bertz CT molecular complexity index is 951. The summed E-state index contributed by atoms with van der Waals surface area (Å²) in [7, 11) is 0. The highest BCUT2D eigenvalue weighted by Gasteiger charge is 2.10. The zero-order chi connectivity index (χ0) is 17.1. The fourth-order valence-electron chi connectivity index (χ4n) is 2.07. The van der Waals surface area contributed by atoms with Crippen LogP contribution < -0.4 is 10.9 Å². The molecular formula is C16H12BrN3O3S. The first-order chi connectivity index (χ1) is 11.5. The number of aromatic nitrogens is 2. The molecule has 1 aromatic carbocycles. The molecule has 0 atom stereocenters. The Morgan fingerprint density at radius 1 is 1.33 bits per heavy atom. The van der Waals surface area contributed by atoms with E-state index in [9.17, 15) is 14.7 Å². The first-order valence-corrected chi connectivity index (χ1v) is 8.59. The van der Waals surface area contributed by atoms with Gasteiger partial charge in [0.25, 0.3) is 5.56 Å². The van der Waals surface area contributed by atoms with Gasteiger partial charge in [0, 0.05) is 27.7 Å². The second-order valence-electron chi connectivity index (χ2n) is 4.95. The van der Waals surface area contributed by atoms with Gasteiger partial charge < -0.3 is 15.0 Å². The minimum atomic E-state index is -0.341. The third-order valence-corrected chi connectivity index (χ3v) is 4.38. The van der Waals surface area contributed by atoms with Gasteiger partial charge in [0.1, 0.15) is 12.3 Å². The summed E-state index contributed by atoms with van der Waals surface area (Å²) in [6, 6.07) is 9.74. The van der Waals surface area contributed by atoms with Crippen LogP contribution in [0.2, 0.25) is 0 Å². The monoisotopic (exact) mass is 405 g/mol. The van der Waals surface area contributed by atoms with Crippen LogP contribution in [0.1, 0.15) is 0 Å². The number of hydrogen-bond acceptors (Lipinski definition) is 5. The molecule has 2 N–H and O–H groups in total. The van der Waals surface area contributed by atoms with Gasteiger partial charge in [0.15, 0.2) is 5.13 Å². The number of thiazole rings is 1. The van der Waals surface area contributed by atoms with Crippen LogP contribution in [0, 0.1) is 0 Å². The molecule has 2 aromatic heterocycles. The molecule has 0 saturated heterocycles. The van der Waals surface area contributed by atoms with Crippen LogP contribution in [-0.2, 0) is 11.3 Å². The fraction of sp³-hybridized carbons (Fsp3) is 0.0625. The molecule has 6 nitrogen and oxygen atoms in total. The lowest BCUT2D eigenvalue weighted by molar-refractivity contribution is -0.116. The molecular weight excluding hydrogens is 394 g/mol. The molecule has 24 heavy (non-hydrogen) atoms. The van der Waals surface area contributed by atoms with Gasteiger partial charge in [-0.15, -0.1) is 11.3 Å². The van der Waals surface area contributed by atoms with Crippen molar-refractivity contribution >= 4 is 38.3 Å². The molecule has 0 spiro atoms. The van der Waals surface area contributed by atoms with Crippen LogP contribution in [0.15, 0.2) is 57.2 Å². The molecule has 1 amide bonds. The minimum absolute atomic E-state index is 0.0979. The minimum Gasteiger partial charge on any atom is -0.508 e. The van der Waals surface area contributed by atoms with Crippen molar-refractivity contribution in [3.05, 3.63) is 62.8 Å². The smallest absolute Gasteiger partial charge is 0.251 e. The number of carbonyl (C=O) groups is 1. The number of nitrogens with one attached hydrogen (secondary N) is 1. The maximum absolute atomic E-state index is 12.1. The molecule has 0 radical (unpaired) electrons. The van der Waals surface area contributed by atoms with Crippen molar-refractivity contribution in [3.63, 3.8) is 0 Å². The van der Waals surface area contributed by atoms with E-state index in [0.717, 1.165) is 10.0 Å². The number of hydrogen-bond donors (Lipinski definition) is 2. The van der Waals surface area contributed by atoms with E-state index in [1.165, 1.54) is 22.0 Å². The number of phenolic OH excluding ortho intramolecular Hbond substituents is 1. The molecule has 0 aliphatic rings. The van der Waals surface area contributed by atoms with E-state index in [0.29, 0.717) is 10.8 Å². The normalized spacial score (nSPS) is 10.5. The summed E-state index contributed by atoms with van der Waals surface area (Å²) in [5.74, 6) is -0.188. The van der Waals surface area contributed by atoms with Crippen LogP contribution in [-0.4, -0.2) is 20.6 Å². The summed E-state index contributed by atoms with van der Waals surface area (Å²) < 4.78 is 2.03. The zero-order valence-electron chi connectivity index (χ0n) is 12.3. The number of carbonyl (C=O) groups excluding carboxylic acids is 1. The third-order valence-electron chi connectivity index (χ3n) is 3.15. The van der Waals surface area contributed by atoms with E-state index in [-0.39, 0.29) is 23.8 Å². The predicted octanol–water partition coefficient (Wildman–Crippen LogP) is 3.08. The first kappa shape index (κ1) is 16.4. The quantitative estimate of drug-likeness (QED) is 0.698. The van der Waals surface area contributed by atoms with Crippen molar-refractivity contribution in [2.75, 3.05) is 5.32 Å². The number of rotatable bonds is 4. The second kappa shape index (κ2) is 6.98. The van der Waals surface area contributed by atoms with E-state index in [4.69, 9.17) is 0 Å². The van der Waals surface area contributed by atoms with Crippen LogP contribution in [0.3, 0.4) is 0 Å². The lowest BCUT2D eigenvalue weighted by Crippen LogP contribution is -2.26. The first-order valence-electron chi connectivity index (χ1n) is 6.92. The molecule has 3 aromatic rings. The molecule has 3 rings (SSSR count). The molecule has 0 fully saturated rings. The van der Waals surface area contributed by atoms with Crippen LogP contribution in [0.5, 0.6) is 5.75 Å². The highest BCUT2D eigenvalue weighted by atomic mass is 79.9. The van der Waals surface area contributed by atoms with Gasteiger partial charge in [-0.05, 0) is 34.1 Å². The SMILES string of the molecule is O=C(Cn1cc(Br)ccc1=O)Nc1nc(-c2cccc(O)c2)cs1. The number of pyridine rings is 1. The average Bonchev–Trinajstić information content (AvgIpc) is 2.99. The highest BCUT2D eigenvalue weighted by molar-refractivity contribution is 9.10. The third kappa shape index (κ3) is 3.90. The Labute approximate surface area is 149 Å². The van der Waals surface area contributed by atoms with Gasteiger partial charge in [-0.3, -0.25) is 9.59 Å². The molecule has 8 heteroatoms. The fourth-order valence-corrected chi connectivity index (χ4v) is 3.18. The summed E-state index contributed by atoms with van der Waals surface area (Å²) in [6.45, 7) is -0.0979. The highest BCUT2D eigenvalue weighted by Crippen LogP contribution is 2.27. The standard InChI is InChI=1S/C16H12BrN3O3S/c17-11-4-5-15(23)20(7-11)8-14(22)19-16-18-13(9-24-16)10-2-1-3-12(21)6-10/h1-7,9,21H,8H2,(H,18,19,22). The molecule has 0 aliphatic carbocycles. The maximum atomic E-state index is 12.1. The van der Waals surface area contributed by atoms with Crippen molar-refractivity contribution in [1.29, 1.82) is 0 Å². The number of aromatic hydroxyl groups is 1. The molecule has 122 valence electrons. The predicted molar refractivity (Wildman–Crippen MR) is 96.2 cm³/mol. The molecule has 2 heterocycles. The van der Waals surface area contributed by atoms with Crippen LogP contribution in [0.25, 0.3) is 11.3 Å². The van der Waals surface area contributed by atoms with E-state index < -0.39 is 0 Å². The van der Waals surface area contributed by atoms with Gasteiger partial charge in [-0.1, -0.05) is 12.1 Å². The Morgan fingerprint density at radius 2 is 2.17 bits per heavy atom. The van der Waals surface area contributed by atoms with E-state index in [1.54, 1.807) is 35.8 Å². The topological polar surface area (TPSA) is 84.2 Å². The van der Waals surface area contributed by atoms with Gasteiger partial charge in [-0.2, -0.15) is 0 Å². The maximum Gasteiger partial charge on any atom is 0.251 e. The lowest BCUT2D eigenvalue weighted by Gasteiger charge is -2.05.